The van der Waals surface area contributed by atoms with Crippen molar-refractivity contribution in [1.29, 1.82) is 0 Å². The van der Waals surface area contributed by atoms with E-state index in [1.54, 1.807) is 7.11 Å². The van der Waals surface area contributed by atoms with Gasteiger partial charge in [-0.05, 0) is 19.3 Å². The van der Waals surface area contributed by atoms with Crippen molar-refractivity contribution >= 4 is 5.96 Å². The predicted molar refractivity (Wildman–Crippen MR) is 87.0 cm³/mol. The maximum atomic E-state index is 5.53. The van der Waals surface area contributed by atoms with E-state index in [1.807, 2.05) is 0 Å². The van der Waals surface area contributed by atoms with Crippen molar-refractivity contribution < 1.29 is 14.2 Å². The van der Waals surface area contributed by atoms with E-state index in [1.165, 1.54) is 0 Å². The number of hydrogen-bond donors (Lipinski definition) is 2. The molecular weight excluding hydrogens is 270 g/mol. The molecule has 126 valence electrons. The maximum absolute atomic E-state index is 5.53. The van der Waals surface area contributed by atoms with E-state index < -0.39 is 0 Å². The SMILES string of the molecule is CCNC(=NCCCOCC(C)C)NCCOCCOC. The van der Waals surface area contributed by atoms with Gasteiger partial charge in [-0.3, -0.25) is 4.99 Å². The summed E-state index contributed by atoms with van der Waals surface area (Å²) in [4.78, 5) is 4.50. The van der Waals surface area contributed by atoms with Gasteiger partial charge in [0.15, 0.2) is 5.96 Å². The van der Waals surface area contributed by atoms with Gasteiger partial charge in [0.25, 0.3) is 0 Å². The molecule has 0 aromatic carbocycles. The van der Waals surface area contributed by atoms with Crippen molar-refractivity contribution in [3.8, 4) is 0 Å². The molecule has 0 unspecified atom stereocenters. The Bertz CT molecular complexity index is 248. The standard InChI is InChI=1S/C15H33N3O3/c1-5-16-15(18-8-10-20-12-11-19-4)17-7-6-9-21-13-14(2)3/h14H,5-13H2,1-4H3,(H2,16,17,18). The summed E-state index contributed by atoms with van der Waals surface area (Å²) < 4.78 is 15.8. The van der Waals surface area contributed by atoms with Crippen molar-refractivity contribution in [3.05, 3.63) is 0 Å². The largest absolute Gasteiger partial charge is 0.382 e. The Balaban J connectivity index is 3.65. The summed E-state index contributed by atoms with van der Waals surface area (Å²) in [6, 6.07) is 0. The van der Waals surface area contributed by atoms with E-state index in [9.17, 15) is 0 Å². The summed E-state index contributed by atoms with van der Waals surface area (Å²) in [7, 11) is 1.67. The third-order valence-corrected chi connectivity index (χ3v) is 2.48. The predicted octanol–water partition coefficient (Wildman–Crippen LogP) is 1.27. The molecule has 0 amide bonds. The molecular formula is C15H33N3O3. The maximum Gasteiger partial charge on any atom is 0.191 e. The lowest BCUT2D eigenvalue weighted by molar-refractivity contribution is 0.0733. The molecule has 0 saturated carbocycles. The highest BCUT2D eigenvalue weighted by Gasteiger charge is 1.97. The summed E-state index contributed by atoms with van der Waals surface area (Å²) in [6.07, 6.45) is 0.938. The average molecular weight is 303 g/mol. The zero-order chi connectivity index (χ0) is 15.8. The minimum absolute atomic E-state index is 0.589. The lowest BCUT2D eigenvalue weighted by atomic mass is 10.2. The molecule has 0 heterocycles. The Morgan fingerprint density at radius 2 is 1.86 bits per heavy atom. The van der Waals surface area contributed by atoms with Gasteiger partial charge in [-0.25, -0.2) is 0 Å². The lowest BCUT2D eigenvalue weighted by Crippen LogP contribution is -2.39. The number of nitrogens with zero attached hydrogens (tertiary/aromatic N) is 1. The molecule has 0 aromatic rings. The van der Waals surface area contributed by atoms with Crippen molar-refractivity contribution in [2.24, 2.45) is 10.9 Å². The van der Waals surface area contributed by atoms with Crippen LogP contribution < -0.4 is 10.6 Å². The second kappa shape index (κ2) is 15.5. The van der Waals surface area contributed by atoms with Crippen molar-refractivity contribution in [3.63, 3.8) is 0 Å². The zero-order valence-electron chi connectivity index (χ0n) is 14.1. The summed E-state index contributed by atoms with van der Waals surface area (Å²) in [5, 5.41) is 6.45. The van der Waals surface area contributed by atoms with E-state index in [0.717, 1.165) is 45.2 Å². The first-order valence-corrected chi connectivity index (χ1v) is 7.87. The van der Waals surface area contributed by atoms with Gasteiger partial charge < -0.3 is 24.8 Å². The van der Waals surface area contributed by atoms with Crippen LogP contribution in [0.1, 0.15) is 27.2 Å². The number of nitrogens with one attached hydrogen (secondary N) is 2. The highest BCUT2D eigenvalue weighted by molar-refractivity contribution is 5.79. The fraction of sp³-hybridized carbons (Fsp3) is 0.933. The van der Waals surface area contributed by atoms with E-state index in [4.69, 9.17) is 14.2 Å². The topological polar surface area (TPSA) is 64.1 Å². The molecule has 0 fully saturated rings. The number of hydrogen-bond acceptors (Lipinski definition) is 4. The molecule has 0 aliphatic rings. The van der Waals surface area contributed by atoms with E-state index >= 15 is 0 Å². The molecule has 0 spiro atoms. The van der Waals surface area contributed by atoms with Gasteiger partial charge in [0, 0.05) is 40.0 Å². The molecule has 0 atom stereocenters. The molecule has 0 bridgehead atoms. The van der Waals surface area contributed by atoms with Crippen LogP contribution >= 0.6 is 0 Å². The Kier molecular flexibility index (Phi) is 14.9. The van der Waals surface area contributed by atoms with E-state index in [2.05, 4.69) is 36.4 Å². The van der Waals surface area contributed by atoms with Crippen molar-refractivity contribution in [2.45, 2.75) is 27.2 Å². The minimum atomic E-state index is 0.589. The fourth-order valence-corrected chi connectivity index (χ4v) is 1.50. The van der Waals surface area contributed by atoms with Crippen LogP contribution in [0.25, 0.3) is 0 Å². The van der Waals surface area contributed by atoms with Crippen molar-refractivity contribution in [1.82, 2.24) is 10.6 Å². The normalized spacial score (nSPS) is 12.0. The molecule has 0 rings (SSSR count). The van der Waals surface area contributed by atoms with E-state index in [-0.39, 0.29) is 0 Å². The third-order valence-electron chi connectivity index (χ3n) is 2.48. The first-order valence-electron chi connectivity index (χ1n) is 7.87. The quantitative estimate of drug-likeness (QED) is 0.305. The number of rotatable bonds is 13. The molecule has 0 radical (unpaired) electrons. The summed E-state index contributed by atoms with van der Waals surface area (Å²) in [5.74, 6) is 1.42. The van der Waals surface area contributed by atoms with Crippen LogP contribution in [0.2, 0.25) is 0 Å². The Morgan fingerprint density at radius 1 is 1.05 bits per heavy atom. The molecule has 0 aromatic heterocycles. The Morgan fingerprint density at radius 3 is 2.52 bits per heavy atom. The van der Waals surface area contributed by atoms with Crippen LogP contribution in [0.5, 0.6) is 0 Å². The van der Waals surface area contributed by atoms with Crippen LogP contribution in [0, 0.1) is 5.92 Å². The van der Waals surface area contributed by atoms with Gasteiger partial charge in [-0.15, -0.1) is 0 Å². The first kappa shape index (κ1) is 20.1. The second-order valence-corrected chi connectivity index (χ2v) is 5.11. The molecule has 6 nitrogen and oxygen atoms in total. The minimum Gasteiger partial charge on any atom is -0.382 e. The lowest BCUT2D eigenvalue weighted by Gasteiger charge is -2.11. The van der Waals surface area contributed by atoms with Gasteiger partial charge in [0.2, 0.25) is 0 Å². The van der Waals surface area contributed by atoms with Gasteiger partial charge in [-0.1, -0.05) is 13.8 Å². The average Bonchev–Trinajstić information content (AvgIpc) is 2.45. The first-order chi connectivity index (χ1) is 10.2. The van der Waals surface area contributed by atoms with Crippen LogP contribution in [0.4, 0.5) is 0 Å². The number of guanidine groups is 1. The monoisotopic (exact) mass is 303 g/mol. The highest BCUT2D eigenvalue weighted by Crippen LogP contribution is 1.93. The molecule has 21 heavy (non-hydrogen) atoms. The Labute approximate surface area is 129 Å². The number of ether oxygens (including phenoxy) is 3. The van der Waals surface area contributed by atoms with Crippen molar-refractivity contribution in [2.75, 3.05) is 59.8 Å². The summed E-state index contributed by atoms with van der Waals surface area (Å²) >= 11 is 0. The van der Waals surface area contributed by atoms with Crippen LogP contribution in [-0.2, 0) is 14.2 Å². The van der Waals surface area contributed by atoms with Gasteiger partial charge >= 0.3 is 0 Å². The summed E-state index contributed by atoms with van der Waals surface area (Å²) in [6.45, 7) is 12.2. The zero-order valence-corrected chi connectivity index (χ0v) is 14.1. The highest BCUT2D eigenvalue weighted by atomic mass is 16.5. The van der Waals surface area contributed by atoms with E-state index in [0.29, 0.717) is 25.7 Å². The molecule has 2 N–H and O–H groups in total. The fourth-order valence-electron chi connectivity index (χ4n) is 1.50. The third kappa shape index (κ3) is 15.4. The summed E-state index contributed by atoms with van der Waals surface area (Å²) in [5.41, 5.74) is 0. The smallest absolute Gasteiger partial charge is 0.191 e. The van der Waals surface area contributed by atoms with Gasteiger partial charge in [0.1, 0.15) is 0 Å². The molecule has 0 saturated heterocycles. The molecule has 0 aliphatic carbocycles. The molecule has 0 aliphatic heterocycles. The molecule has 6 heteroatoms. The Hall–Kier alpha value is -0.850. The number of methoxy groups -OCH3 is 1. The second-order valence-electron chi connectivity index (χ2n) is 5.11. The van der Waals surface area contributed by atoms with Crippen LogP contribution in [-0.4, -0.2) is 65.7 Å². The van der Waals surface area contributed by atoms with Crippen LogP contribution in [0.3, 0.4) is 0 Å². The van der Waals surface area contributed by atoms with Gasteiger partial charge in [0.05, 0.1) is 19.8 Å². The van der Waals surface area contributed by atoms with Crippen LogP contribution in [0.15, 0.2) is 4.99 Å². The van der Waals surface area contributed by atoms with Gasteiger partial charge in [-0.2, -0.15) is 0 Å². The number of aliphatic imine (C=N–C) groups is 1.